The van der Waals surface area contributed by atoms with Crippen molar-refractivity contribution in [3.8, 4) is 0 Å². The Hall–Kier alpha value is -0.810. The minimum Gasteiger partial charge on any atom is -0.396 e. The normalized spacial score (nSPS) is 10.4. The molecule has 0 unspecified atom stereocenters. The third-order valence-corrected chi connectivity index (χ3v) is 2.53. The monoisotopic (exact) mass is 230 g/mol. The number of nitrogens with zero attached hydrogens (tertiary/aromatic N) is 1. The van der Waals surface area contributed by atoms with E-state index in [0.29, 0.717) is 23.7 Å². The number of benzene rings is 1. The van der Waals surface area contributed by atoms with Gasteiger partial charge in [0.15, 0.2) is 0 Å². The molecule has 0 bridgehead atoms. The third kappa shape index (κ3) is 3.07. The molecule has 0 amide bonds. The van der Waals surface area contributed by atoms with Crippen LogP contribution in [0, 0.1) is 0 Å². The molecule has 0 saturated heterocycles. The van der Waals surface area contributed by atoms with Crippen LogP contribution in [-0.2, 0) is 6.42 Å². The van der Waals surface area contributed by atoms with E-state index in [1.165, 1.54) is 5.01 Å². The van der Waals surface area contributed by atoms with Gasteiger partial charge in [0.05, 0.1) is 23.9 Å². The van der Waals surface area contributed by atoms with Crippen LogP contribution in [0.3, 0.4) is 0 Å². The second-order valence-corrected chi connectivity index (χ2v) is 3.52. The van der Waals surface area contributed by atoms with E-state index in [1.54, 1.807) is 6.07 Å². The molecule has 4 nitrogen and oxygen atoms in total. The predicted octanol–water partition coefficient (Wildman–Crippen LogP) is 0.547. The van der Waals surface area contributed by atoms with Crippen molar-refractivity contribution in [2.24, 2.45) is 5.84 Å². The molecule has 5 heteroatoms. The fourth-order valence-electron chi connectivity index (χ4n) is 1.33. The average Bonchev–Trinajstić information content (AvgIpc) is 2.22. The first kappa shape index (κ1) is 12.3. The first-order valence-electron chi connectivity index (χ1n) is 4.72. The predicted molar refractivity (Wildman–Crippen MR) is 60.9 cm³/mol. The second kappa shape index (κ2) is 5.92. The maximum absolute atomic E-state index is 8.83. The minimum absolute atomic E-state index is 0.0307. The summed E-state index contributed by atoms with van der Waals surface area (Å²) in [5.41, 5.74) is 1.52. The van der Waals surface area contributed by atoms with Gasteiger partial charge in [0.1, 0.15) is 0 Å². The molecule has 0 aliphatic heterocycles. The highest BCUT2D eigenvalue weighted by Gasteiger charge is 2.09. The molecule has 84 valence electrons. The molecule has 1 aromatic rings. The van der Waals surface area contributed by atoms with Crippen molar-refractivity contribution in [2.75, 3.05) is 24.8 Å². The van der Waals surface area contributed by atoms with E-state index in [-0.39, 0.29) is 13.2 Å². The van der Waals surface area contributed by atoms with Crippen molar-refractivity contribution in [1.29, 1.82) is 0 Å². The molecule has 0 heterocycles. The Labute approximate surface area is 93.9 Å². The molecular formula is C10H15ClN2O2. The maximum atomic E-state index is 8.83. The number of aliphatic hydroxyl groups excluding tert-OH is 2. The number of hydrogen-bond acceptors (Lipinski definition) is 4. The van der Waals surface area contributed by atoms with Gasteiger partial charge in [-0.05, 0) is 18.1 Å². The molecule has 0 saturated carbocycles. The van der Waals surface area contributed by atoms with Crippen LogP contribution in [-0.4, -0.2) is 30.0 Å². The van der Waals surface area contributed by atoms with E-state index in [1.807, 2.05) is 12.1 Å². The maximum Gasteiger partial charge on any atom is 0.0707 e. The molecule has 15 heavy (non-hydrogen) atoms. The summed E-state index contributed by atoms with van der Waals surface area (Å²) in [5, 5.41) is 19.5. The van der Waals surface area contributed by atoms with Gasteiger partial charge in [0, 0.05) is 6.61 Å². The van der Waals surface area contributed by atoms with E-state index in [2.05, 4.69) is 0 Å². The molecule has 4 N–H and O–H groups in total. The zero-order chi connectivity index (χ0) is 11.3. The summed E-state index contributed by atoms with van der Waals surface area (Å²) < 4.78 is 0. The van der Waals surface area contributed by atoms with Crippen molar-refractivity contribution in [1.82, 2.24) is 0 Å². The lowest BCUT2D eigenvalue weighted by molar-refractivity contribution is 0.299. The zero-order valence-electron chi connectivity index (χ0n) is 8.36. The minimum atomic E-state index is -0.0307. The fraction of sp³-hybridized carbons (Fsp3) is 0.400. The lowest BCUT2D eigenvalue weighted by Crippen LogP contribution is -2.33. The Bertz CT molecular complexity index is 320. The Morgan fingerprint density at radius 1 is 1.27 bits per heavy atom. The van der Waals surface area contributed by atoms with Crippen LogP contribution in [0.2, 0.25) is 5.02 Å². The summed E-state index contributed by atoms with van der Waals surface area (Å²) in [4.78, 5) is 0. The quantitative estimate of drug-likeness (QED) is 0.510. The topological polar surface area (TPSA) is 69.7 Å². The Morgan fingerprint density at radius 2 is 2.00 bits per heavy atom. The molecule has 0 aliphatic rings. The van der Waals surface area contributed by atoms with Crippen LogP contribution in [0.4, 0.5) is 5.69 Å². The molecule has 0 aromatic heterocycles. The smallest absolute Gasteiger partial charge is 0.0707 e. The van der Waals surface area contributed by atoms with Gasteiger partial charge in [0.2, 0.25) is 0 Å². The Kier molecular flexibility index (Phi) is 4.84. The SMILES string of the molecule is NN(CCO)c1cccc(CCO)c1Cl. The number of rotatable bonds is 5. The highest BCUT2D eigenvalue weighted by molar-refractivity contribution is 6.34. The van der Waals surface area contributed by atoms with Crippen LogP contribution in [0.5, 0.6) is 0 Å². The fourth-order valence-corrected chi connectivity index (χ4v) is 1.66. The molecular weight excluding hydrogens is 216 g/mol. The van der Waals surface area contributed by atoms with Crippen LogP contribution in [0.1, 0.15) is 5.56 Å². The number of hydrogen-bond donors (Lipinski definition) is 3. The van der Waals surface area contributed by atoms with Gasteiger partial charge in [-0.1, -0.05) is 23.7 Å². The van der Waals surface area contributed by atoms with Crippen molar-refractivity contribution < 1.29 is 10.2 Å². The van der Waals surface area contributed by atoms with Crippen LogP contribution < -0.4 is 10.9 Å². The van der Waals surface area contributed by atoms with Gasteiger partial charge < -0.3 is 15.2 Å². The third-order valence-electron chi connectivity index (χ3n) is 2.09. The number of nitrogens with two attached hydrogens (primary N) is 1. The van der Waals surface area contributed by atoms with E-state index in [4.69, 9.17) is 27.7 Å². The van der Waals surface area contributed by atoms with Crippen molar-refractivity contribution in [2.45, 2.75) is 6.42 Å². The van der Waals surface area contributed by atoms with Gasteiger partial charge in [-0.15, -0.1) is 0 Å². The first-order valence-corrected chi connectivity index (χ1v) is 5.10. The van der Waals surface area contributed by atoms with E-state index in [9.17, 15) is 0 Å². The number of anilines is 1. The molecule has 1 rings (SSSR count). The lowest BCUT2D eigenvalue weighted by Gasteiger charge is -2.20. The van der Waals surface area contributed by atoms with Gasteiger partial charge >= 0.3 is 0 Å². The van der Waals surface area contributed by atoms with Crippen LogP contribution in [0.15, 0.2) is 18.2 Å². The van der Waals surface area contributed by atoms with Crippen molar-refractivity contribution in [3.05, 3.63) is 28.8 Å². The van der Waals surface area contributed by atoms with E-state index < -0.39 is 0 Å². The Morgan fingerprint density at radius 3 is 2.60 bits per heavy atom. The first-order chi connectivity index (χ1) is 7.20. The van der Waals surface area contributed by atoms with E-state index in [0.717, 1.165) is 5.56 Å². The van der Waals surface area contributed by atoms with Crippen LogP contribution >= 0.6 is 11.6 Å². The van der Waals surface area contributed by atoms with Crippen LogP contribution in [0.25, 0.3) is 0 Å². The van der Waals surface area contributed by atoms with Gasteiger partial charge in [-0.2, -0.15) is 0 Å². The number of hydrazine groups is 1. The summed E-state index contributed by atoms with van der Waals surface area (Å²) in [6.07, 6.45) is 0.500. The molecule has 0 spiro atoms. The summed E-state index contributed by atoms with van der Waals surface area (Å²) in [6.45, 7) is 0.340. The largest absolute Gasteiger partial charge is 0.396 e. The average molecular weight is 231 g/mol. The zero-order valence-corrected chi connectivity index (χ0v) is 9.11. The van der Waals surface area contributed by atoms with Gasteiger partial charge in [-0.25, -0.2) is 5.84 Å². The van der Waals surface area contributed by atoms with Gasteiger partial charge in [0.25, 0.3) is 0 Å². The summed E-state index contributed by atoms with van der Waals surface area (Å²) in [7, 11) is 0. The molecule has 0 atom stereocenters. The summed E-state index contributed by atoms with van der Waals surface area (Å²) in [5.74, 6) is 5.70. The molecule has 0 aliphatic carbocycles. The molecule has 1 aromatic carbocycles. The van der Waals surface area contributed by atoms with Crippen molar-refractivity contribution in [3.63, 3.8) is 0 Å². The van der Waals surface area contributed by atoms with Crippen molar-refractivity contribution >= 4 is 17.3 Å². The van der Waals surface area contributed by atoms with E-state index >= 15 is 0 Å². The van der Waals surface area contributed by atoms with Gasteiger partial charge in [-0.3, -0.25) is 0 Å². The highest BCUT2D eigenvalue weighted by atomic mass is 35.5. The number of halogens is 1. The highest BCUT2D eigenvalue weighted by Crippen LogP contribution is 2.27. The second-order valence-electron chi connectivity index (χ2n) is 3.14. The lowest BCUT2D eigenvalue weighted by atomic mass is 10.1. The standard InChI is InChI=1S/C10H15ClN2O2/c11-10-8(4-6-14)2-1-3-9(10)13(12)5-7-15/h1-3,14-15H,4-7,12H2. The summed E-state index contributed by atoms with van der Waals surface area (Å²) in [6, 6.07) is 5.44. The molecule has 0 radical (unpaired) electrons. The summed E-state index contributed by atoms with van der Waals surface area (Å²) >= 11 is 6.10. The number of aliphatic hydroxyl groups is 2. The Balaban J connectivity index is 2.92. The molecule has 0 fully saturated rings.